The highest BCUT2D eigenvalue weighted by atomic mass is 16.4. The molecule has 7 N–H and O–H groups in total. The normalized spacial score (nSPS) is 14.4. The van der Waals surface area contributed by atoms with E-state index in [0.717, 1.165) is 6.07 Å². The van der Waals surface area contributed by atoms with Gasteiger partial charge in [0.25, 0.3) is 0 Å². The summed E-state index contributed by atoms with van der Waals surface area (Å²) in [6, 6.07) is 5.35. The molecule has 0 amide bonds. The van der Waals surface area contributed by atoms with Gasteiger partial charge in [-0.1, -0.05) is 6.07 Å². The number of rotatable bonds is 10. The van der Waals surface area contributed by atoms with E-state index in [1.807, 2.05) is 0 Å². The minimum absolute atomic E-state index is 0.00678. The van der Waals surface area contributed by atoms with Crippen LogP contribution in [0.15, 0.2) is 24.3 Å². The van der Waals surface area contributed by atoms with Crippen molar-refractivity contribution in [1.82, 2.24) is 4.90 Å². The van der Waals surface area contributed by atoms with Crippen LogP contribution in [-0.2, 0) is 17.8 Å². The van der Waals surface area contributed by atoms with Gasteiger partial charge in [-0.05, 0) is 50.6 Å². The second-order valence-electron chi connectivity index (χ2n) is 7.91. The van der Waals surface area contributed by atoms with Gasteiger partial charge in [0.2, 0.25) is 5.78 Å². The van der Waals surface area contributed by atoms with Crippen LogP contribution < -0.4 is 5.73 Å². The zero-order valence-electron chi connectivity index (χ0n) is 17.1. The molecule has 31 heavy (non-hydrogen) atoms. The molecule has 0 saturated carbocycles. The summed E-state index contributed by atoms with van der Waals surface area (Å²) < 4.78 is 0. The maximum Gasteiger partial charge on any atom is 0.324 e. The topological polar surface area (TPSA) is 165 Å². The number of carbonyl (C=O) groups excluding carboxylic acids is 1. The van der Waals surface area contributed by atoms with Gasteiger partial charge in [0.15, 0.2) is 0 Å². The number of hydrogen-bond donors (Lipinski definition) is 6. The van der Waals surface area contributed by atoms with E-state index in [1.165, 1.54) is 18.2 Å². The van der Waals surface area contributed by atoms with E-state index in [0.29, 0.717) is 30.5 Å². The molecule has 1 atom stereocenters. The first-order valence-corrected chi connectivity index (χ1v) is 9.90. The number of carbonyl (C=O) groups is 2. The number of benzene rings is 2. The zero-order valence-corrected chi connectivity index (χ0v) is 17.1. The third-order valence-electron chi connectivity index (χ3n) is 5.96. The maximum atomic E-state index is 12.5. The van der Waals surface area contributed by atoms with Gasteiger partial charge in [-0.3, -0.25) is 14.5 Å². The fourth-order valence-corrected chi connectivity index (χ4v) is 4.04. The minimum atomic E-state index is -1.46. The smallest absolute Gasteiger partial charge is 0.324 e. The summed E-state index contributed by atoms with van der Waals surface area (Å²) >= 11 is 0. The van der Waals surface area contributed by atoms with E-state index in [1.54, 1.807) is 11.9 Å². The van der Waals surface area contributed by atoms with Crippen molar-refractivity contribution in [2.45, 2.75) is 37.8 Å². The summed E-state index contributed by atoms with van der Waals surface area (Å²) in [6.45, 7) is 0.393. The molecule has 4 rings (SSSR count). The first-order chi connectivity index (χ1) is 14.6. The molecule has 0 unspecified atom stereocenters. The molecule has 0 spiro atoms. The van der Waals surface area contributed by atoms with E-state index in [9.17, 15) is 35.1 Å². The van der Waals surface area contributed by atoms with Crippen molar-refractivity contribution in [3.63, 3.8) is 0 Å². The number of likely N-dealkylation sites (N-methyl/N-ethyl adjacent to an activating group) is 1. The van der Waals surface area contributed by atoms with Gasteiger partial charge in [0.1, 0.15) is 34.1 Å². The summed E-state index contributed by atoms with van der Waals surface area (Å²) in [5.41, 5.74) is 4.73. The Labute approximate surface area is 179 Å². The van der Waals surface area contributed by atoms with Gasteiger partial charge >= 0.3 is 5.97 Å². The molecule has 0 aliphatic heterocycles. The molecule has 0 fully saturated rings. The number of aliphatic carboxylic acids is 1. The highest BCUT2D eigenvalue weighted by molar-refractivity contribution is 6.23. The standard InChI is InChI=1S/C22H26N2O7/c1-24(11-13-8-15-19(28)17(18(13)27)20(15)29)22(21(30)31,6-2-3-7-23)10-12-4-5-14(25)9-16(12)26/h4-5,8-9,25-28H,2-3,6-7,10-11,23H2,1H3,(H,30,31)/t22-/m1/s1. The minimum Gasteiger partial charge on any atom is -0.508 e. The molecular formula is C22H26N2O7. The number of aromatic hydroxyl groups is 4. The van der Waals surface area contributed by atoms with Crippen LogP contribution in [0.1, 0.15) is 46.3 Å². The number of phenolic OH excluding ortho intramolecular Hbond substituents is 4. The molecule has 0 saturated heterocycles. The largest absolute Gasteiger partial charge is 0.508 e. The molecule has 166 valence electrons. The van der Waals surface area contributed by atoms with Crippen molar-refractivity contribution in [2.75, 3.05) is 13.6 Å². The fraction of sp³-hybridized carbons (Fsp3) is 0.364. The maximum absolute atomic E-state index is 12.5. The number of fused-ring (bicyclic) bond motifs is 2. The Bertz CT molecular complexity index is 1040. The Balaban J connectivity index is 1.97. The molecular weight excluding hydrogens is 404 g/mol. The van der Waals surface area contributed by atoms with Gasteiger partial charge in [-0.25, -0.2) is 0 Å². The summed E-state index contributed by atoms with van der Waals surface area (Å²) in [4.78, 5) is 25.9. The number of nitrogens with two attached hydrogens (primary N) is 1. The summed E-state index contributed by atoms with van der Waals surface area (Å²) in [5.74, 6) is -2.54. The van der Waals surface area contributed by atoms with Crippen molar-refractivity contribution in [3.05, 3.63) is 46.5 Å². The van der Waals surface area contributed by atoms with Crippen LogP contribution in [0.4, 0.5) is 0 Å². The molecule has 0 radical (unpaired) electrons. The monoisotopic (exact) mass is 430 g/mol. The van der Waals surface area contributed by atoms with Crippen LogP contribution in [-0.4, -0.2) is 61.3 Å². The van der Waals surface area contributed by atoms with Gasteiger partial charge in [-0.15, -0.1) is 0 Å². The van der Waals surface area contributed by atoms with Crippen LogP contribution in [0.25, 0.3) is 0 Å². The molecule has 0 aromatic heterocycles. The van der Waals surface area contributed by atoms with Gasteiger partial charge in [-0.2, -0.15) is 0 Å². The van der Waals surface area contributed by atoms with Crippen molar-refractivity contribution in [2.24, 2.45) is 5.73 Å². The third kappa shape index (κ3) is 3.89. The Hall–Kier alpha value is -3.30. The summed E-state index contributed by atoms with van der Waals surface area (Å²) in [5, 5.41) is 50.2. The highest BCUT2D eigenvalue weighted by Crippen LogP contribution is 2.45. The number of phenols is 4. The van der Waals surface area contributed by atoms with E-state index in [2.05, 4.69) is 0 Å². The number of unbranched alkanes of at least 4 members (excludes halogenated alkanes) is 1. The number of ketones is 1. The van der Waals surface area contributed by atoms with Gasteiger partial charge in [0, 0.05) is 24.6 Å². The van der Waals surface area contributed by atoms with Crippen LogP contribution >= 0.6 is 0 Å². The second-order valence-corrected chi connectivity index (χ2v) is 7.91. The Morgan fingerprint density at radius 2 is 1.77 bits per heavy atom. The molecule has 2 aliphatic rings. The fourth-order valence-electron chi connectivity index (χ4n) is 4.04. The van der Waals surface area contributed by atoms with E-state index in [-0.39, 0.29) is 53.5 Å². The first-order valence-electron chi connectivity index (χ1n) is 9.90. The van der Waals surface area contributed by atoms with Gasteiger partial charge in [0.05, 0.1) is 5.56 Å². The van der Waals surface area contributed by atoms with Crippen molar-refractivity contribution in [1.29, 1.82) is 0 Å². The van der Waals surface area contributed by atoms with Crippen molar-refractivity contribution < 1.29 is 35.1 Å². The molecule has 2 aromatic rings. The Morgan fingerprint density at radius 3 is 2.32 bits per heavy atom. The quantitative estimate of drug-likeness (QED) is 0.262. The average molecular weight is 430 g/mol. The SMILES string of the molecule is CN(Cc1cc2c(O)c(c1O)C2=O)[C@](CCCCN)(Cc1ccc(O)cc1O)C(=O)O. The van der Waals surface area contributed by atoms with Crippen LogP contribution in [0, 0.1) is 0 Å². The lowest BCUT2D eigenvalue weighted by atomic mass is 9.82. The predicted molar refractivity (Wildman–Crippen MR) is 111 cm³/mol. The summed E-state index contributed by atoms with van der Waals surface area (Å²) in [7, 11) is 1.59. The van der Waals surface area contributed by atoms with Crippen LogP contribution in [0.3, 0.4) is 0 Å². The third-order valence-corrected chi connectivity index (χ3v) is 5.96. The molecule has 2 bridgehead atoms. The molecule has 9 nitrogen and oxygen atoms in total. The van der Waals surface area contributed by atoms with E-state index >= 15 is 0 Å². The lowest BCUT2D eigenvalue weighted by Gasteiger charge is -2.39. The lowest BCUT2D eigenvalue weighted by molar-refractivity contribution is -0.152. The highest BCUT2D eigenvalue weighted by Gasteiger charge is 2.44. The lowest BCUT2D eigenvalue weighted by Crippen LogP contribution is -2.54. The molecule has 0 heterocycles. The van der Waals surface area contributed by atoms with E-state index in [4.69, 9.17) is 5.73 Å². The number of nitrogens with zero attached hydrogens (tertiary/aromatic N) is 1. The van der Waals surface area contributed by atoms with Crippen LogP contribution in [0.2, 0.25) is 0 Å². The summed E-state index contributed by atoms with van der Waals surface area (Å²) in [6.07, 6.45) is 1.28. The Kier molecular flexibility index (Phi) is 6.10. The Morgan fingerprint density at radius 1 is 1.06 bits per heavy atom. The molecule has 2 aliphatic carbocycles. The molecule has 2 aromatic carbocycles. The number of carboxylic acid groups (broad SMARTS) is 1. The average Bonchev–Trinajstić information content (AvgIpc) is 2.71. The van der Waals surface area contributed by atoms with Crippen molar-refractivity contribution in [3.8, 4) is 23.0 Å². The molecule has 9 heteroatoms. The number of hydrogen-bond acceptors (Lipinski definition) is 8. The van der Waals surface area contributed by atoms with Crippen LogP contribution in [0.5, 0.6) is 23.0 Å². The zero-order chi connectivity index (χ0) is 22.9. The predicted octanol–water partition coefficient (Wildman–Crippen LogP) is 1.68. The second kappa shape index (κ2) is 8.44. The van der Waals surface area contributed by atoms with E-state index < -0.39 is 17.3 Å². The van der Waals surface area contributed by atoms with Crippen molar-refractivity contribution >= 4 is 11.8 Å². The van der Waals surface area contributed by atoms with Gasteiger partial charge < -0.3 is 31.3 Å². The number of carboxylic acids is 1. The first kappa shape index (κ1) is 22.4.